The molecule has 30 heavy (non-hydrogen) atoms. The Hall–Kier alpha value is -2.55. The van der Waals surface area contributed by atoms with Crippen LogP contribution in [0.1, 0.15) is 18.9 Å². The maximum Gasteiger partial charge on any atom is 0.240 e. The Kier molecular flexibility index (Phi) is 7.36. The number of amidine groups is 1. The number of methoxy groups -OCH3 is 1. The van der Waals surface area contributed by atoms with E-state index in [0.717, 1.165) is 23.1 Å². The first-order valence-corrected chi connectivity index (χ1v) is 10.5. The van der Waals surface area contributed by atoms with Crippen molar-refractivity contribution < 1.29 is 14.3 Å². The normalized spacial score (nSPS) is 17.7. The molecule has 1 fully saturated rings. The monoisotopic (exact) mass is 464 g/mol. The molecule has 10 heteroatoms. The van der Waals surface area contributed by atoms with Crippen molar-refractivity contribution in [1.82, 2.24) is 5.32 Å². The molecule has 156 valence electrons. The first-order chi connectivity index (χ1) is 14.4. The number of amides is 2. The van der Waals surface area contributed by atoms with Crippen molar-refractivity contribution in [2.24, 2.45) is 10.2 Å². The minimum Gasteiger partial charge on any atom is -0.497 e. The quantitative estimate of drug-likeness (QED) is 0.491. The number of thioether (sulfide) groups is 1. The van der Waals surface area contributed by atoms with Crippen molar-refractivity contribution in [1.29, 1.82) is 0 Å². The second kappa shape index (κ2) is 9.97. The van der Waals surface area contributed by atoms with Crippen LogP contribution >= 0.6 is 35.0 Å². The van der Waals surface area contributed by atoms with E-state index in [2.05, 4.69) is 20.8 Å². The fraction of sp³-hybridized carbons (Fsp3) is 0.200. The van der Waals surface area contributed by atoms with Crippen LogP contribution in [0, 0.1) is 0 Å². The summed E-state index contributed by atoms with van der Waals surface area (Å²) in [6.45, 7) is 1.81. The van der Waals surface area contributed by atoms with Gasteiger partial charge in [-0.15, -0.1) is 5.10 Å². The van der Waals surface area contributed by atoms with E-state index < -0.39 is 5.25 Å². The Bertz CT molecular complexity index is 1030. The lowest BCUT2D eigenvalue weighted by Crippen LogP contribution is -2.28. The number of nitrogens with one attached hydrogen (secondary N) is 2. The van der Waals surface area contributed by atoms with Gasteiger partial charge in [-0.1, -0.05) is 35.0 Å². The maximum atomic E-state index is 12.3. The Morgan fingerprint density at radius 1 is 1.23 bits per heavy atom. The van der Waals surface area contributed by atoms with Crippen molar-refractivity contribution in [3.8, 4) is 5.75 Å². The second-order valence-corrected chi connectivity index (χ2v) is 8.33. The van der Waals surface area contributed by atoms with Crippen LogP contribution < -0.4 is 15.4 Å². The lowest BCUT2D eigenvalue weighted by atomic mass is 10.1. The van der Waals surface area contributed by atoms with Gasteiger partial charge in [0.05, 0.1) is 23.5 Å². The van der Waals surface area contributed by atoms with Gasteiger partial charge in [0, 0.05) is 11.4 Å². The van der Waals surface area contributed by atoms with Crippen LogP contribution in [0.15, 0.2) is 52.7 Å². The van der Waals surface area contributed by atoms with Gasteiger partial charge < -0.3 is 15.4 Å². The number of halogens is 2. The van der Waals surface area contributed by atoms with Crippen molar-refractivity contribution in [3.05, 3.63) is 58.1 Å². The first kappa shape index (κ1) is 22.1. The lowest BCUT2D eigenvalue weighted by Gasteiger charge is -2.09. The van der Waals surface area contributed by atoms with Crippen LogP contribution in [0.2, 0.25) is 10.0 Å². The number of benzene rings is 2. The van der Waals surface area contributed by atoms with Crippen molar-refractivity contribution >= 4 is 63.3 Å². The molecule has 2 amide bonds. The number of anilines is 1. The highest BCUT2D eigenvalue weighted by atomic mass is 35.5. The molecule has 0 spiro atoms. The smallest absolute Gasteiger partial charge is 0.240 e. The van der Waals surface area contributed by atoms with E-state index in [9.17, 15) is 9.59 Å². The summed E-state index contributed by atoms with van der Waals surface area (Å²) in [7, 11) is 1.60. The number of carbonyl (C=O) groups is 2. The van der Waals surface area contributed by atoms with Crippen LogP contribution in [-0.2, 0) is 9.59 Å². The number of nitrogens with zero attached hydrogens (tertiary/aromatic N) is 2. The van der Waals surface area contributed by atoms with Gasteiger partial charge in [-0.3, -0.25) is 9.59 Å². The molecule has 0 aliphatic carbocycles. The molecule has 1 aliphatic rings. The molecule has 0 bridgehead atoms. The first-order valence-electron chi connectivity index (χ1n) is 8.85. The van der Waals surface area contributed by atoms with Gasteiger partial charge in [-0.25, -0.2) is 0 Å². The molecule has 2 aromatic carbocycles. The lowest BCUT2D eigenvalue weighted by molar-refractivity contribution is -0.122. The van der Waals surface area contributed by atoms with Gasteiger partial charge in [-0.05, 0) is 55.0 Å². The molecule has 0 saturated carbocycles. The summed E-state index contributed by atoms with van der Waals surface area (Å²) in [5, 5.41) is 14.1. The molecule has 1 heterocycles. The molecule has 7 nitrogen and oxygen atoms in total. The van der Waals surface area contributed by atoms with E-state index >= 15 is 0 Å². The average molecular weight is 465 g/mol. The topological polar surface area (TPSA) is 92.2 Å². The molecule has 1 atom stereocenters. The number of hydrogen-bond acceptors (Lipinski definition) is 6. The van der Waals surface area contributed by atoms with Crippen LogP contribution in [0.4, 0.5) is 5.69 Å². The zero-order chi connectivity index (χ0) is 21.7. The summed E-state index contributed by atoms with van der Waals surface area (Å²) >= 11 is 13.1. The third-order valence-electron chi connectivity index (χ3n) is 4.15. The summed E-state index contributed by atoms with van der Waals surface area (Å²) in [6, 6.07) is 12.1. The zero-order valence-electron chi connectivity index (χ0n) is 16.1. The molecular weight excluding hydrogens is 447 g/mol. The molecule has 1 saturated heterocycles. The van der Waals surface area contributed by atoms with E-state index in [1.165, 1.54) is 0 Å². The highest BCUT2D eigenvalue weighted by Crippen LogP contribution is 2.27. The standard InChI is InChI=1S/C20H18Cl2N4O3S/c1-11(12-3-6-14(29-2)7-4-12)25-26-20-24-19(28)17(30-20)10-18(27)23-16-9-13(21)5-8-15(16)22/h3-9,17H,10H2,1-2H3,(H,23,27)(H,24,26,28)/b25-11-. The van der Waals surface area contributed by atoms with Gasteiger partial charge in [0.2, 0.25) is 11.8 Å². The van der Waals surface area contributed by atoms with Crippen LogP contribution in [0.3, 0.4) is 0 Å². The second-order valence-electron chi connectivity index (χ2n) is 6.29. The summed E-state index contributed by atoms with van der Waals surface area (Å²) < 4.78 is 5.13. The Morgan fingerprint density at radius 3 is 2.67 bits per heavy atom. The van der Waals surface area contributed by atoms with Crippen LogP contribution in [0.25, 0.3) is 0 Å². The molecule has 0 radical (unpaired) electrons. The minimum absolute atomic E-state index is 0.0421. The highest BCUT2D eigenvalue weighted by molar-refractivity contribution is 8.15. The predicted octanol–water partition coefficient (Wildman–Crippen LogP) is 4.34. The van der Waals surface area contributed by atoms with Crippen LogP contribution in [0.5, 0.6) is 5.75 Å². The fourth-order valence-electron chi connectivity index (χ4n) is 2.56. The van der Waals surface area contributed by atoms with Gasteiger partial charge in [0.1, 0.15) is 11.0 Å². The summed E-state index contributed by atoms with van der Waals surface area (Å²) in [6.07, 6.45) is -0.0421. The Labute approximate surface area is 187 Å². The van der Waals surface area contributed by atoms with Crippen molar-refractivity contribution in [2.75, 3.05) is 12.4 Å². The summed E-state index contributed by atoms with van der Waals surface area (Å²) in [5.41, 5.74) is 1.95. The Balaban J connectivity index is 1.61. The molecular formula is C20H18Cl2N4O3S. The number of carbonyl (C=O) groups excluding carboxylic acids is 2. The molecule has 1 aliphatic heterocycles. The molecule has 3 rings (SSSR count). The number of ether oxygens (including phenoxy) is 1. The average Bonchev–Trinajstić information content (AvgIpc) is 3.08. The predicted molar refractivity (Wildman–Crippen MR) is 122 cm³/mol. The fourth-order valence-corrected chi connectivity index (χ4v) is 3.81. The maximum absolute atomic E-state index is 12.3. The molecule has 2 aromatic rings. The third kappa shape index (κ3) is 5.75. The van der Waals surface area contributed by atoms with E-state index in [4.69, 9.17) is 27.9 Å². The van der Waals surface area contributed by atoms with Crippen molar-refractivity contribution in [3.63, 3.8) is 0 Å². The molecule has 0 aromatic heterocycles. The van der Waals surface area contributed by atoms with Gasteiger partial charge >= 0.3 is 0 Å². The number of rotatable bonds is 6. The minimum atomic E-state index is -0.613. The largest absolute Gasteiger partial charge is 0.497 e. The Morgan fingerprint density at radius 2 is 1.97 bits per heavy atom. The zero-order valence-corrected chi connectivity index (χ0v) is 18.4. The highest BCUT2D eigenvalue weighted by Gasteiger charge is 2.32. The summed E-state index contributed by atoms with van der Waals surface area (Å²) in [4.78, 5) is 24.5. The van der Waals surface area contributed by atoms with Crippen LogP contribution in [-0.4, -0.2) is 35.1 Å². The molecule has 2 N–H and O–H groups in total. The SMILES string of the molecule is COc1ccc(/C(C)=N\N=C2/NC(=O)C(CC(=O)Nc3cc(Cl)ccc3Cl)S2)cc1. The van der Waals surface area contributed by atoms with E-state index in [1.54, 1.807) is 25.3 Å². The van der Waals surface area contributed by atoms with Crippen molar-refractivity contribution in [2.45, 2.75) is 18.6 Å². The summed E-state index contributed by atoms with van der Waals surface area (Å²) in [5.74, 6) is 0.0889. The van der Waals surface area contributed by atoms with E-state index in [-0.39, 0.29) is 18.2 Å². The van der Waals surface area contributed by atoms with Gasteiger partial charge in [0.25, 0.3) is 0 Å². The molecule has 1 unspecified atom stereocenters. The van der Waals surface area contributed by atoms with E-state index in [0.29, 0.717) is 26.6 Å². The third-order valence-corrected chi connectivity index (χ3v) is 5.79. The van der Waals surface area contributed by atoms with Gasteiger partial charge in [0.15, 0.2) is 5.17 Å². The van der Waals surface area contributed by atoms with Gasteiger partial charge in [-0.2, -0.15) is 5.10 Å². The van der Waals surface area contributed by atoms with E-state index in [1.807, 2.05) is 31.2 Å². The number of hydrogen-bond donors (Lipinski definition) is 2.